The van der Waals surface area contributed by atoms with Gasteiger partial charge in [0.1, 0.15) is 11.6 Å². The van der Waals surface area contributed by atoms with E-state index in [1.807, 2.05) is 19.1 Å². The Labute approximate surface area is 150 Å². The van der Waals surface area contributed by atoms with Crippen molar-refractivity contribution in [3.05, 3.63) is 88.2 Å². The van der Waals surface area contributed by atoms with Gasteiger partial charge in [-0.2, -0.15) is 0 Å². The molecular formula is C21H16ClFO2. The van der Waals surface area contributed by atoms with Crippen LogP contribution in [0.4, 0.5) is 4.39 Å². The Morgan fingerprint density at radius 2 is 1.76 bits per heavy atom. The summed E-state index contributed by atoms with van der Waals surface area (Å²) in [5, 5.41) is 0.481. The molecule has 2 nitrogen and oxygen atoms in total. The highest BCUT2D eigenvalue weighted by Gasteiger charge is 2.21. The van der Waals surface area contributed by atoms with Gasteiger partial charge >= 0.3 is 0 Å². The molecule has 0 aliphatic carbocycles. The summed E-state index contributed by atoms with van der Waals surface area (Å²) in [5.74, 6) is -0.643. The number of rotatable bonds is 4. The van der Waals surface area contributed by atoms with Crippen molar-refractivity contribution < 1.29 is 13.9 Å². The normalized spacial score (nSPS) is 10.6. The van der Waals surface area contributed by atoms with Crippen LogP contribution < -0.4 is 4.74 Å². The van der Waals surface area contributed by atoms with Gasteiger partial charge in [-0.15, -0.1) is 0 Å². The maximum Gasteiger partial charge on any atom is 0.195 e. The minimum atomic E-state index is -0.618. The molecule has 0 atom stereocenters. The van der Waals surface area contributed by atoms with Gasteiger partial charge in [0.15, 0.2) is 5.78 Å². The van der Waals surface area contributed by atoms with Gasteiger partial charge in [-0.3, -0.25) is 4.79 Å². The van der Waals surface area contributed by atoms with E-state index in [0.29, 0.717) is 21.9 Å². The molecule has 3 aromatic carbocycles. The molecular weight excluding hydrogens is 339 g/mol. The Morgan fingerprint density at radius 3 is 2.40 bits per heavy atom. The maximum atomic E-state index is 15.2. The van der Waals surface area contributed by atoms with Crippen molar-refractivity contribution in [3.63, 3.8) is 0 Å². The molecule has 0 aliphatic heterocycles. The summed E-state index contributed by atoms with van der Waals surface area (Å²) < 4.78 is 20.5. The van der Waals surface area contributed by atoms with Gasteiger partial charge < -0.3 is 4.74 Å². The van der Waals surface area contributed by atoms with Crippen molar-refractivity contribution >= 4 is 17.4 Å². The molecule has 0 aliphatic rings. The Kier molecular flexibility index (Phi) is 4.86. The second kappa shape index (κ2) is 7.08. The molecule has 0 radical (unpaired) electrons. The second-order valence-corrected chi connectivity index (χ2v) is 6.15. The number of benzene rings is 3. The zero-order valence-electron chi connectivity index (χ0n) is 13.8. The number of ketones is 1. The van der Waals surface area contributed by atoms with Crippen LogP contribution in [-0.4, -0.2) is 12.9 Å². The average molecular weight is 355 g/mol. The van der Waals surface area contributed by atoms with E-state index in [-0.39, 0.29) is 16.9 Å². The number of halogens is 2. The Morgan fingerprint density at radius 1 is 1.04 bits per heavy atom. The first-order valence-corrected chi connectivity index (χ1v) is 8.13. The fourth-order valence-electron chi connectivity index (χ4n) is 2.68. The number of aryl methyl sites for hydroxylation is 1. The first-order valence-electron chi connectivity index (χ1n) is 7.75. The van der Waals surface area contributed by atoms with Crippen molar-refractivity contribution in [3.8, 4) is 16.9 Å². The Balaban J connectivity index is 2.15. The van der Waals surface area contributed by atoms with E-state index in [2.05, 4.69) is 0 Å². The largest absolute Gasteiger partial charge is 0.496 e. The lowest BCUT2D eigenvalue weighted by Crippen LogP contribution is -2.06. The molecule has 0 heterocycles. The lowest BCUT2D eigenvalue weighted by molar-refractivity contribution is 0.103. The second-order valence-electron chi connectivity index (χ2n) is 5.71. The van der Waals surface area contributed by atoms with Crippen LogP contribution in [0.2, 0.25) is 5.02 Å². The summed E-state index contributed by atoms with van der Waals surface area (Å²) in [7, 11) is 1.46. The summed E-state index contributed by atoms with van der Waals surface area (Å²) >= 11 is 6.03. The molecule has 4 heteroatoms. The van der Waals surface area contributed by atoms with Gasteiger partial charge in [-0.05, 0) is 36.8 Å². The standard InChI is InChI=1S/C21H16ClFO2/c1-13-6-8-14(9-7-13)21(24)17-10-11-18(25-2)19(20(17)23)15-4-3-5-16(22)12-15/h3-12H,1-2H3. The first-order chi connectivity index (χ1) is 12.0. The smallest absolute Gasteiger partial charge is 0.195 e. The summed E-state index contributed by atoms with van der Waals surface area (Å²) in [4.78, 5) is 12.7. The monoisotopic (exact) mass is 354 g/mol. The van der Waals surface area contributed by atoms with Gasteiger partial charge in [0.05, 0.1) is 18.2 Å². The predicted octanol–water partition coefficient (Wildman–Crippen LogP) is 5.69. The summed E-state index contributed by atoms with van der Waals surface area (Å²) in [6.07, 6.45) is 0. The predicted molar refractivity (Wildman–Crippen MR) is 98.0 cm³/mol. The van der Waals surface area contributed by atoms with Crippen molar-refractivity contribution in [1.82, 2.24) is 0 Å². The quantitative estimate of drug-likeness (QED) is 0.562. The first kappa shape index (κ1) is 17.2. The van der Waals surface area contributed by atoms with Gasteiger partial charge in [0.25, 0.3) is 0 Å². The number of carbonyl (C=O) groups excluding carboxylic acids is 1. The van der Waals surface area contributed by atoms with E-state index in [4.69, 9.17) is 16.3 Å². The van der Waals surface area contributed by atoms with Crippen LogP contribution in [0, 0.1) is 12.7 Å². The molecule has 126 valence electrons. The van der Waals surface area contributed by atoms with Crippen LogP contribution in [0.15, 0.2) is 60.7 Å². The van der Waals surface area contributed by atoms with Crippen LogP contribution in [0.5, 0.6) is 5.75 Å². The summed E-state index contributed by atoms with van der Waals surface area (Å²) in [6.45, 7) is 1.93. The third kappa shape index (κ3) is 3.42. The fraction of sp³-hybridized carbons (Fsp3) is 0.0952. The molecule has 0 N–H and O–H groups in total. The van der Waals surface area contributed by atoms with E-state index in [9.17, 15) is 4.79 Å². The maximum absolute atomic E-state index is 15.2. The molecule has 0 aromatic heterocycles. The van der Waals surface area contributed by atoms with Crippen LogP contribution in [0.1, 0.15) is 21.5 Å². The molecule has 25 heavy (non-hydrogen) atoms. The zero-order valence-corrected chi connectivity index (χ0v) is 14.6. The third-order valence-electron chi connectivity index (χ3n) is 4.00. The molecule has 3 aromatic rings. The van der Waals surface area contributed by atoms with Crippen molar-refractivity contribution in [2.24, 2.45) is 0 Å². The van der Waals surface area contributed by atoms with Crippen molar-refractivity contribution in [1.29, 1.82) is 0 Å². The van der Waals surface area contributed by atoms with Crippen molar-refractivity contribution in [2.75, 3.05) is 7.11 Å². The number of hydrogen-bond acceptors (Lipinski definition) is 2. The van der Waals surface area contributed by atoms with E-state index >= 15 is 4.39 Å². The van der Waals surface area contributed by atoms with Gasteiger partial charge in [0, 0.05) is 10.6 Å². The molecule has 0 unspecified atom stereocenters. The topological polar surface area (TPSA) is 26.3 Å². The molecule has 0 saturated carbocycles. The average Bonchev–Trinajstić information content (AvgIpc) is 2.61. The SMILES string of the molecule is COc1ccc(C(=O)c2ccc(C)cc2)c(F)c1-c1cccc(Cl)c1. The van der Waals surface area contributed by atoms with E-state index in [0.717, 1.165) is 5.56 Å². The minimum absolute atomic E-state index is 0.000344. The number of carbonyl (C=O) groups is 1. The third-order valence-corrected chi connectivity index (χ3v) is 4.23. The Bertz CT molecular complexity index is 933. The number of hydrogen-bond donors (Lipinski definition) is 0. The van der Waals surface area contributed by atoms with Gasteiger partial charge in [0.2, 0.25) is 0 Å². The van der Waals surface area contributed by atoms with E-state index < -0.39 is 5.82 Å². The van der Waals surface area contributed by atoms with Crippen LogP contribution in [0.25, 0.3) is 11.1 Å². The molecule has 0 saturated heterocycles. The van der Waals surface area contributed by atoms with Crippen LogP contribution in [0.3, 0.4) is 0 Å². The lowest BCUT2D eigenvalue weighted by Gasteiger charge is -2.13. The van der Waals surface area contributed by atoms with Gasteiger partial charge in [-0.25, -0.2) is 4.39 Å². The molecule has 3 rings (SSSR count). The van der Waals surface area contributed by atoms with Gasteiger partial charge in [-0.1, -0.05) is 53.6 Å². The highest BCUT2D eigenvalue weighted by molar-refractivity contribution is 6.30. The van der Waals surface area contributed by atoms with E-state index in [1.165, 1.54) is 13.2 Å². The summed E-state index contributed by atoms with van der Waals surface area (Å²) in [6, 6.07) is 16.9. The van der Waals surface area contributed by atoms with Crippen molar-refractivity contribution in [2.45, 2.75) is 6.92 Å². The summed E-state index contributed by atoms with van der Waals surface area (Å²) in [5.41, 5.74) is 2.25. The molecule has 0 fully saturated rings. The molecule has 0 spiro atoms. The molecule has 0 bridgehead atoms. The Hall–Kier alpha value is -2.65. The highest BCUT2D eigenvalue weighted by Crippen LogP contribution is 2.36. The van der Waals surface area contributed by atoms with Crippen LogP contribution >= 0.6 is 11.6 Å². The minimum Gasteiger partial charge on any atom is -0.496 e. The highest BCUT2D eigenvalue weighted by atomic mass is 35.5. The number of methoxy groups -OCH3 is 1. The molecule has 0 amide bonds. The van der Waals surface area contributed by atoms with Crippen LogP contribution in [-0.2, 0) is 0 Å². The zero-order chi connectivity index (χ0) is 18.0. The number of ether oxygens (including phenoxy) is 1. The van der Waals surface area contributed by atoms with E-state index in [1.54, 1.807) is 42.5 Å². The fourth-order valence-corrected chi connectivity index (χ4v) is 2.87. The lowest BCUT2D eigenvalue weighted by atomic mass is 9.96.